The number of nitrogens with one attached hydrogen (secondary N) is 5. The number of carbonyl (C=O) groups excluding carboxylic acids is 6. The van der Waals surface area contributed by atoms with Gasteiger partial charge in [-0.15, -0.1) is 0 Å². The number of rotatable bonds is 27. The summed E-state index contributed by atoms with van der Waals surface area (Å²) in [5, 5.41) is 32.3. The second-order valence-corrected chi connectivity index (χ2v) is 13.0. The number of carboxylic acid groups (broad SMARTS) is 1. The van der Waals surface area contributed by atoms with Gasteiger partial charge in [0.1, 0.15) is 36.3 Å². The highest BCUT2D eigenvalue weighted by atomic mass is 16.4. The Kier molecular flexibility index (Phi) is 23.2. The predicted molar refractivity (Wildman–Crippen MR) is 194 cm³/mol. The van der Waals surface area contributed by atoms with Crippen molar-refractivity contribution in [3.05, 3.63) is 0 Å². The Hall–Kier alpha value is -4.52. The van der Waals surface area contributed by atoms with Crippen molar-refractivity contribution in [1.29, 1.82) is 0 Å². The number of carboxylic acids is 1. The van der Waals surface area contributed by atoms with Crippen LogP contribution in [0.5, 0.6) is 0 Å². The number of aliphatic hydroxyl groups excluding tert-OH is 1. The topological polar surface area (TPSA) is 337 Å². The van der Waals surface area contributed by atoms with E-state index in [1.165, 1.54) is 6.92 Å². The number of aliphatic carboxylic acids is 1. The van der Waals surface area contributed by atoms with Gasteiger partial charge in [0.2, 0.25) is 35.4 Å². The van der Waals surface area contributed by atoms with Crippen LogP contribution in [0.4, 0.5) is 0 Å². The summed E-state index contributed by atoms with van der Waals surface area (Å²) >= 11 is 0. The van der Waals surface area contributed by atoms with E-state index in [0.29, 0.717) is 32.1 Å². The number of guanidine groups is 1. The zero-order chi connectivity index (χ0) is 40.0. The van der Waals surface area contributed by atoms with Gasteiger partial charge in [-0.05, 0) is 44.9 Å². The molecule has 0 saturated carbocycles. The van der Waals surface area contributed by atoms with Gasteiger partial charge < -0.3 is 59.7 Å². The van der Waals surface area contributed by atoms with E-state index in [4.69, 9.17) is 22.9 Å². The highest BCUT2D eigenvalue weighted by molar-refractivity contribution is 5.96. The van der Waals surface area contributed by atoms with Crippen LogP contribution in [0.15, 0.2) is 4.99 Å². The van der Waals surface area contributed by atoms with Crippen LogP contribution in [0.25, 0.3) is 0 Å². The van der Waals surface area contributed by atoms with Gasteiger partial charge in [0.05, 0.1) is 6.10 Å². The minimum Gasteiger partial charge on any atom is -0.480 e. The third-order valence-corrected chi connectivity index (χ3v) is 8.45. The first-order valence-corrected chi connectivity index (χ1v) is 17.9. The van der Waals surface area contributed by atoms with Crippen LogP contribution in [0, 0.1) is 5.92 Å². The number of aliphatic imine (C=N–C) groups is 1. The second-order valence-electron chi connectivity index (χ2n) is 13.0. The molecule has 0 fully saturated rings. The molecule has 0 aliphatic carbocycles. The number of nitrogens with two attached hydrogens (primary N) is 4. The maximum Gasteiger partial charge on any atom is 0.326 e. The van der Waals surface area contributed by atoms with E-state index in [1.807, 2.05) is 20.8 Å². The van der Waals surface area contributed by atoms with Crippen LogP contribution in [0.2, 0.25) is 0 Å². The van der Waals surface area contributed by atoms with E-state index < -0.39 is 83.8 Å². The molecule has 52 heavy (non-hydrogen) atoms. The molecular weight excluding hydrogens is 680 g/mol. The van der Waals surface area contributed by atoms with Crippen molar-refractivity contribution in [3.63, 3.8) is 0 Å². The summed E-state index contributed by atoms with van der Waals surface area (Å²) in [5.41, 5.74) is 21.6. The van der Waals surface area contributed by atoms with Crippen LogP contribution in [-0.2, 0) is 33.6 Å². The van der Waals surface area contributed by atoms with Gasteiger partial charge in [-0.25, -0.2) is 4.79 Å². The van der Waals surface area contributed by atoms with Gasteiger partial charge in [-0.3, -0.25) is 33.8 Å². The Morgan fingerprint density at radius 1 is 0.635 bits per heavy atom. The van der Waals surface area contributed by atoms with Crippen LogP contribution < -0.4 is 49.5 Å². The predicted octanol–water partition coefficient (Wildman–Crippen LogP) is -2.05. The SMILES string of the molecule is CCCC[C@H](NC(=O)[C@H](CCCC)NC(=O)[C@@H](NC(=O)[C@@H](N)[C@@H](C)O)[C@@H](C)CC)C(=O)N[C@@H](CCC(N)=O)C(=O)N[C@@H](CCCN=C(N)N)C(=O)O. The average Bonchev–Trinajstić information content (AvgIpc) is 3.08. The first kappa shape index (κ1) is 47.5. The van der Waals surface area contributed by atoms with Gasteiger partial charge in [-0.1, -0.05) is 59.8 Å². The molecule has 8 atom stereocenters. The number of aliphatic hydroxyl groups is 1. The molecular formula is C33H62N10O9. The monoisotopic (exact) mass is 742 g/mol. The molecule has 0 aliphatic rings. The van der Waals surface area contributed by atoms with E-state index in [-0.39, 0.29) is 56.9 Å². The summed E-state index contributed by atoms with van der Waals surface area (Å²) in [6.07, 6.45) is 1.63. The average molecular weight is 743 g/mol. The van der Waals surface area contributed by atoms with Crippen molar-refractivity contribution >= 4 is 47.4 Å². The lowest BCUT2D eigenvalue weighted by atomic mass is 9.96. The van der Waals surface area contributed by atoms with Gasteiger partial charge >= 0.3 is 5.97 Å². The molecule has 0 aromatic rings. The van der Waals surface area contributed by atoms with E-state index in [0.717, 1.165) is 0 Å². The number of carbonyl (C=O) groups is 7. The van der Waals surface area contributed by atoms with Crippen LogP contribution in [0.3, 0.4) is 0 Å². The molecule has 0 rings (SSSR count). The largest absolute Gasteiger partial charge is 0.480 e. The summed E-state index contributed by atoms with van der Waals surface area (Å²) < 4.78 is 0. The maximum atomic E-state index is 13.7. The lowest BCUT2D eigenvalue weighted by molar-refractivity contribution is -0.142. The van der Waals surface area contributed by atoms with Crippen LogP contribution in [-0.4, -0.2) is 106 Å². The molecule has 0 bridgehead atoms. The minimum absolute atomic E-state index is 0.0384. The van der Waals surface area contributed by atoms with E-state index in [9.17, 15) is 43.8 Å². The molecule has 0 spiro atoms. The van der Waals surface area contributed by atoms with Gasteiger partial charge in [-0.2, -0.15) is 0 Å². The summed E-state index contributed by atoms with van der Waals surface area (Å²) in [7, 11) is 0. The minimum atomic E-state index is -1.39. The van der Waals surface area contributed by atoms with Gasteiger partial charge in [0, 0.05) is 13.0 Å². The highest BCUT2D eigenvalue weighted by Crippen LogP contribution is 2.12. The molecule has 0 aromatic heterocycles. The van der Waals surface area contributed by atoms with Gasteiger partial charge in [0.25, 0.3) is 0 Å². The van der Waals surface area contributed by atoms with Crippen molar-refractivity contribution < 1.29 is 43.8 Å². The Bertz CT molecular complexity index is 1210. The molecule has 298 valence electrons. The Balaban J connectivity index is 6.16. The molecule has 0 saturated heterocycles. The lowest BCUT2D eigenvalue weighted by Gasteiger charge is -2.29. The fourth-order valence-corrected chi connectivity index (χ4v) is 4.92. The number of unbranched alkanes of at least 4 members (excludes halogenated alkanes) is 2. The molecule has 15 N–H and O–H groups in total. The number of nitrogens with zero attached hydrogens (tertiary/aromatic N) is 1. The molecule has 0 aromatic carbocycles. The molecule has 6 amide bonds. The number of hydrogen-bond acceptors (Lipinski definition) is 10. The van der Waals surface area contributed by atoms with Crippen LogP contribution in [0.1, 0.15) is 105 Å². The summed E-state index contributed by atoms with van der Waals surface area (Å²) in [4.78, 5) is 94.0. The zero-order valence-corrected chi connectivity index (χ0v) is 31.1. The van der Waals surface area contributed by atoms with Crippen molar-refractivity contribution in [2.24, 2.45) is 33.8 Å². The summed E-state index contributed by atoms with van der Waals surface area (Å²) in [5.74, 6) is -6.38. The molecule has 19 heteroatoms. The van der Waals surface area contributed by atoms with Crippen molar-refractivity contribution in [1.82, 2.24) is 26.6 Å². The maximum absolute atomic E-state index is 13.7. The molecule has 0 unspecified atom stereocenters. The fraction of sp³-hybridized carbons (Fsp3) is 0.758. The van der Waals surface area contributed by atoms with Crippen molar-refractivity contribution in [2.45, 2.75) is 148 Å². The smallest absolute Gasteiger partial charge is 0.326 e. The van der Waals surface area contributed by atoms with E-state index in [2.05, 4.69) is 31.6 Å². The number of primary amides is 1. The van der Waals surface area contributed by atoms with Crippen molar-refractivity contribution in [2.75, 3.05) is 6.54 Å². The molecule has 0 aliphatic heterocycles. The Morgan fingerprint density at radius 3 is 1.48 bits per heavy atom. The first-order valence-electron chi connectivity index (χ1n) is 17.9. The number of amides is 6. The molecule has 0 heterocycles. The standard InChI is InChI=1S/C33H62N10O9/c1-6-9-12-20(27(46)40-22(15-16-24(34)45)29(48)42-23(32(51)52)14-11-17-38-33(36)37)39-28(47)21(13-10-7-2)41-31(50)26(18(4)8-3)43-30(49)25(35)19(5)44/h18-23,25-26,44H,6-17,35H2,1-5H3,(H2,34,45)(H,39,47)(H,40,46)(H,41,50)(H,42,48)(H,43,49)(H,51,52)(H4,36,37,38)/t18-,19+,20-,21-,22-,23-,25-,26-/m0/s1. The van der Waals surface area contributed by atoms with Crippen molar-refractivity contribution in [3.8, 4) is 0 Å². The highest BCUT2D eigenvalue weighted by Gasteiger charge is 2.34. The Morgan fingerprint density at radius 2 is 1.08 bits per heavy atom. The summed E-state index contributed by atoms with van der Waals surface area (Å²) in [6, 6.07) is -7.40. The molecule has 19 nitrogen and oxygen atoms in total. The third kappa shape index (κ3) is 18.6. The fourth-order valence-electron chi connectivity index (χ4n) is 4.92. The lowest BCUT2D eigenvalue weighted by Crippen LogP contribution is -2.60. The van der Waals surface area contributed by atoms with E-state index in [1.54, 1.807) is 6.92 Å². The zero-order valence-electron chi connectivity index (χ0n) is 31.1. The molecule has 0 radical (unpaired) electrons. The normalized spacial score (nSPS) is 15.6. The summed E-state index contributed by atoms with van der Waals surface area (Å²) in [6.45, 7) is 8.78. The first-order chi connectivity index (χ1) is 24.4. The van der Waals surface area contributed by atoms with Crippen LogP contribution >= 0.6 is 0 Å². The third-order valence-electron chi connectivity index (χ3n) is 8.45. The number of hydrogen-bond donors (Lipinski definition) is 11. The van der Waals surface area contributed by atoms with Gasteiger partial charge in [0.15, 0.2) is 5.96 Å². The quantitative estimate of drug-likeness (QED) is 0.0246. The Labute approximate surface area is 305 Å². The second kappa shape index (κ2) is 25.4. The van der Waals surface area contributed by atoms with E-state index >= 15 is 0 Å².